The highest BCUT2D eigenvalue weighted by Gasteiger charge is 2.44. The lowest BCUT2D eigenvalue weighted by Gasteiger charge is -2.39. The zero-order chi connectivity index (χ0) is 15.7. The second-order valence-electron chi connectivity index (χ2n) is 7.19. The molecule has 21 heavy (non-hydrogen) atoms. The summed E-state index contributed by atoms with van der Waals surface area (Å²) in [5.41, 5.74) is 0. The second-order valence-corrected chi connectivity index (χ2v) is 13.2. The van der Waals surface area contributed by atoms with Crippen molar-refractivity contribution in [2.24, 2.45) is 0 Å². The number of carbonyl (C=O) groups excluding carboxylic acids is 1. The van der Waals surface area contributed by atoms with E-state index in [9.17, 15) is 4.79 Å². The molecule has 0 bridgehead atoms. The van der Waals surface area contributed by atoms with Gasteiger partial charge in [0.2, 0.25) is 0 Å². The van der Waals surface area contributed by atoms with Gasteiger partial charge in [0, 0.05) is 24.3 Å². The molecule has 0 aliphatic heterocycles. The minimum absolute atomic E-state index is 0.0328. The van der Waals surface area contributed by atoms with Gasteiger partial charge in [-0.05, 0) is 30.3 Å². The van der Waals surface area contributed by atoms with Crippen LogP contribution in [0, 0.1) is 0 Å². The number of ketones is 1. The lowest BCUT2D eigenvalue weighted by molar-refractivity contribution is -0.117. The minimum Gasteiger partial charge on any atom is -0.412 e. The first kappa shape index (κ1) is 16.7. The summed E-state index contributed by atoms with van der Waals surface area (Å²) in [6.07, 6.45) is 2.98. The average molecular weight is 324 g/mol. The van der Waals surface area contributed by atoms with Gasteiger partial charge in [0.05, 0.1) is 11.1 Å². The molecule has 0 saturated heterocycles. The van der Waals surface area contributed by atoms with Gasteiger partial charge in [-0.25, -0.2) is 4.98 Å². The maximum Gasteiger partial charge on any atom is 0.192 e. The van der Waals surface area contributed by atoms with Crippen LogP contribution < -0.4 is 0 Å². The number of rotatable bonds is 4. The Bertz CT molecular complexity index is 499. The summed E-state index contributed by atoms with van der Waals surface area (Å²) < 4.78 is 6.49. The van der Waals surface area contributed by atoms with Crippen LogP contribution in [-0.2, 0) is 9.22 Å². The zero-order valence-electron chi connectivity index (χ0n) is 13.6. The quantitative estimate of drug-likeness (QED) is 0.775. The van der Waals surface area contributed by atoms with Crippen molar-refractivity contribution in [1.29, 1.82) is 0 Å². The maximum absolute atomic E-state index is 11.9. The van der Waals surface area contributed by atoms with E-state index in [0.29, 0.717) is 18.6 Å². The van der Waals surface area contributed by atoms with Gasteiger partial charge in [0.1, 0.15) is 5.78 Å². The Balaban J connectivity index is 2.09. The van der Waals surface area contributed by atoms with Crippen molar-refractivity contribution in [1.82, 2.24) is 4.98 Å². The van der Waals surface area contributed by atoms with Crippen LogP contribution in [0.1, 0.15) is 33.6 Å². The summed E-state index contributed by atoms with van der Waals surface area (Å²) >= 11 is 1.68. The molecule has 0 spiro atoms. The SMILES string of the molecule is CC(C)(C)[Si](C)(C)O[C@H]1CC(=O)C[C@@H]1Sc1ccccn1. The predicted molar refractivity (Wildman–Crippen MR) is 90.2 cm³/mol. The molecule has 0 amide bonds. The van der Waals surface area contributed by atoms with Gasteiger partial charge < -0.3 is 4.43 Å². The lowest BCUT2D eigenvalue weighted by atomic mass is 10.2. The van der Waals surface area contributed by atoms with Crippen molar-refractivity contribution in [2.75, 3.05) is 0 Å². The summed E-state index contributed by atoms with van der Waals surface area (Å²) in [6.45, 7) is 11.2. The molecule has 1 heterocycles. The highest BCUT2D eigenvalue weighted by Crippen LogP contribution is 2.42. The summed E-state index contributed by atoms with van der Waals surface area (Å²) in [5, 5.41) is 1.33. The first-order valence-corrected chi connectivity index (χ1v) is 11.2. The summed E-state index contributed by atoms with van der Waals surface area (Å²) in [4.78, 5) is 16.2. The second kappa shape index (κ2) is 6.22. The molecule has 0 N–H and O–H groups in total. The molecule has 1 aromatic rings. The third-order valence-electron chi connectivity index (χ3n) is 4.43. The topological polar surface area (TPSA) is 39.2 Å². The van der Waals surface area contributed by atoms with E-state index in [1.165, 1.54) is 0 Å². The van der Waals surface area contributed by atoms with Crippen LogP contribution >= 0.6 is 11.8 Å². The number of hydrogen-bond acceptors (Lipinski definition) is 4. The number of pyridine rings is 1. The number of carbonyl (C=O) groups is 1. The van der Waals surface area contributed by atoms with Crippen molar-refractivity contribution in [3.63, 3.8) is 0 Å². The van der Waals surface area contributed by atoms with Crippen molar-refractivity contribution in [3.05, 3.63) is 24.4 Å². The molecule has 0 unspecified atom stereocenters. The third-order valence-corrected chi connectivity index (χ3v) is 10.2. The molecule has 5 heteroatoms. The van der Waals surface area contributed by atoms with Crippen LogP contribution in [0.15, 0.2) is 29.4 Å². The molecular formula is C16H25NO2SSi. The fourth-order valence-electron chi connectivity index (χ4n) is 2.16. The number of nitrogens with zero attached hydrogens (tertiary/aromatic N) is 1. The van der Waals surface area contributed by atoms with Crippen LogP contribution in [0.4, 0.5) is 0 Å². The predicted octanol–water partition coefficient (Wildman–Crippen LogP) is 4.30. The van der Waals surface area contributed by atoms with E-state index >= 15 is 0 Å². The molecule has 1 aliphatic rings. The van der Waals surface area contributed by atoms with E-state index in [4.69, 9.17) is 4.43 Å². The molecule has 0 aromatic carbocycles. The van der Waals surface area contributed by atoms with Crippen LogP contribution in [0.5, 0.6) is 0 Å². The van der Waals surface area contributed by atoms with Gasteiger partial charge >= 0.3 is 0 Å². The smallest absolute Gasteiger partial charge is 0.192 e. The minimum atomic E-state index is -1.84. The summed E-state index contributed by atoms with van der Waals surface area (Å²) in [7, 11) is -1.84. The first-order valence-electron chi connectivity index (χ1n) is 7.46. The van der Waals surface area contributed by atoms with E-state index in [-0.39, 0.29) is 16.4 Å². The van der Waals surface area contributed by atoms with Gasteiger partial charge in [-0.2, -0.15) is 0 Å². The van der Waals surface area contributed by atoms with Gasteiger partial charge in [0.25, 0.3) is 0 Å². The normalized spacial score (nSPS) is 23.6. The van der Waals surface area contributed by atoms with E-state index in [1.54, 1.807) is 18.0 Å². The largest absolute Gasteiger partial charge is 0.412 e. The number of hydrogen-bond donors (Lipinski definition) is 0. The molecule has 1 saturated carbocycles. The van der Waals surface area contributed by atoms with Gasteiger partial charge in [-0.15, -0.1) is 0 Å². The van der Waals surface area contributed by atoms with Gasteiger partial charge in [0.15, 0.2) is 8.32 Å². The van der Waals surface area contributed by atoms with Crippen LogP contribution in [0.3, 0.4) is 0 Å². The summed E-state index contributed by atoms with van der Waals surface area (Å²) in [6, 6.07) is 5.89. The average Bonchev–Trinajstić information content (AvgIpc) is 2.68. The molecule has 116 valence electrons. The van der Waals surface area contributed by atoms with Crippen molar-refractivity contribution in [3.8, 4) is 0 Å². The molecule has 2 atom stereocenters. The highest BCUT2D eigenvalue weighted by atomic mass is 32.2. The van der Waals surface area contributed by atoms with E-state index in [1.807, 2.05) is 18.2 Å². The molecule has 0 radical (unpaired) electrons. The standard InChI is InChI=1S/C16H25NO2SSi/c1-16(2,3)21(4,5)19-13-10-12(18)11-14(13)20-15-8-6-7-9-17-15/h6-9,13-14H,10-11H2,1-5H3/t13-,14-/m0/s1. The van der Waals surface area contributed by atoms with Gasteiger partial charge in [-0.3, -0.25) is 4.79 Å². The highest BCUT2D eigenvalue weighted by molar-refractivity contribution is 8.00. The van der Waals surface area contributed by atoms with E-state index < -0.39 is 8.32 Å². The van der Waals surface area contributed by atoms with Crippen molar-refractivity contribution >= 4 is 25.9 Å². The lowest BCUT2D eigenvalue weighted by Crippen LogP contribution is -2.45. The van der Waals surface area contributed by atoms with E-state index in [0.717, 1.165) is 5.03 Å². The third kappa shape index (κ3) is 4.17. The molecule has 1 aliphatic carbocycles. The number of aromatic nitrogens is 1. The molecule has 1 fully saturated rings. The first-order chi connectivity index (χ1) is 9.69. The Morgan fingerprint density at radius 2 is 2.00 bits per heavy atom. The van der Waals surface area contributed by atoms with Crippen molar-refractivity contribution < 1.29 is 9.22 Å². The van der Waals surface area contributed by atoms with Crippen LogP contribution in [0.25, 0.3) is 0 Å². The Hall–Kier alpha value is -0.653. The molecule has 1 aromatic heterocycles. The fraction of sp³-hybridized carbons (Fsp3) is 0.625. The summed E-state index contributed by atoms with van der Waals surface area (Å²) in [5.74, 6) is 0.312. The molecular weight excluding hydrogens is 298 g/mol. The molecule has 2 rings (SSSR count). The monoisotopic (exact) mass is 323 g/mol. The Labute approximate surface area is 133 Å². The fourth-order valence-corrected chi connectivity index (χ4v) is 4.78. The maximum atomic E-state index is 11.9. The Morgan fingerprint density at radius 1 is 1.29 bits per heavy atom. The Morgan fingerprint density at radius 3 is 2.57 bits per heavy atom. The number of thioether (sulfide) groups is 1. The van der Waals surface area contributed by atoms with Crippen LogP contribution in [-0.4, -0.2) is 30.4 Å². The molecule has 3 nitrogen and oxygen atoms in total. The number of Topliss-reactive ketones (excluding diaryl/α,β-unsaturated/α-hetero) is 1. The van der Waals surface area contributed by atoms with Gasteiger partial charge in [-0.1, -0.05) is 38.6 Å². The Kier molecular flexibility index (Phi) is 4.95. The van der Waals surface area contributed by atoms with Crippen molar-refractivity contribution in [2.45, 2.75) is 68.1 Å². The van der Waals surface area contributed by atoms with E-state index in [2.05, 4.69) is 38.8 Å². The zero-order valence-corrected chi connectivity index (χ0v) is 15.4. The van der Waals surface area contributed by atoms with Crippen LogP contribution in [0.2, 0.25) is 18.1 Å².